The van der Waals surface area contributed by atoms with Gasteiger partial charge in [0.2, 0.25) is 0 Å². The molecule has 0 aliphatic heterocycles. The summed E-state index contributed by atoms with van der Waals surface area (Å²) in [6, 6.07) is 2.66. The Balaban J connectivity index is 1.87. The number of carboxylic acid groups (broad SMARTS) is 1. The average Bonchev–Trinajstić information content (AvgIpc) is 3.24. The van der Waals surface area contributed by atoms with E-state index in [2.05, 4.69) is 15.6 Å². The molecule has 1 aromatic rings. The number of nitrogens with one attached hydrogen (secondary N) is 2. The molecule has 0 saturated heterocycles. The molecule has 21 heavy (non-hydrogen) atoms. The quantitative estimate of drug-likeness (QED) is 0.710. The maximum Gasteiger partial charge on any atom is 0.356 e. The molecular weight excluding hydrogens is 274 g/mol. The van der Waals surface area contributed by atoms with Gasteiger partial charge in [-0.2, -0.15) is 0 Å². The van der Waals surface area contributed by atoms with Crippen molar-refractivity contribution in [1.82, 2.24) is 10.3 Å². The highest BCUT2D eigenvalue weighted by molar-refractivity contribution is 5.98. The Labute approximate surface area is 122 Å². The predicted molar refractivity (Wildman–Crippen MR) is 76.4 cm³/mol. The number of carbonyl (C=O) groups excluding carboxylic acids is 1. The van der Waals surface area contributed by atoms with Crippen LogP contribution in [0.25, 0.3) is 0 Å². The lowest BCUT2D eigenvalue weighted by Crippen LogP contribution is -2.34. The number of anilines is 1. The fraction of sp³-hybridized carbons (Fsp3) is 0.500. The summed E-state index contributed by atoms with van der Waals surface area (Å²) in [5.41, 5.74) is 0.148. The van der Waals surface area contributed by atoms with E-state index in [0.717, 1.165) is 19.3 Å². The van der Waals surface area contributed by atoms with Crippen LogP contribution < -0.4 is 10.6 Å². The number of amides is 2. The van der Waals surface area contributed by atoms with Crippen molar-refractivity contribution in [2.24, 2.45) is 5.41 Å². The summed E-state index contributed by atoms with van der Waals surface area (Å²) >= 11 is 0. The number of carbonyl (C=O) groups is 2. The number of ether oxygens (including phenoxy) is 1. The summed E-state index contributed by atoms with van der Waals surface area (Å²) < 4.78 is 5.06. The van der Waals surface area contributed by atoms with Crippen molar-refractivity contribution < 1.29 is 19.4 Å². The Bertz CT molecular complexity index is 529. The molecule has 1 aromatic heterocycles. The molecule has 1 aliphatic carbocycles. The van der Waals surface area contributed by atoms with Crippen molar-refractivity contribution in [2.45, 2.75) is 19.3 Å². The molecule has 3 N–H and O–H groups in total. The van der Waals surface area contributed by atoms with Gasteiger partial charge >= 0.3 is 12.0 Å². The summed E-state index contributed by atoms with van der Waals surface area (Å²) in [6.45, 7) is 1.24. The fourth-order valence-corrected chi connectivity index (χ4v) is 2.12. The van der Waals surface area contributed by atoms with Gasteiger partial charge in [0.05, 0.1) is 5.69 Å². The van der Waals surface area contributed by atoms with Gasteiger partial charge in [-0.15, -0.1) is 0 Å². The predicted octanol–water partition coefficient (Wildman–Crippen LogP) is 1.72. The van der Waals surface area contributed by atoms with Crippen LogP contribution in [0, 0.1) is 5.41 Å². The third kappa shape index (κ3) is 4.16. The average molecular weight is 293 g/mol. The first-order chi connectivity index (χ1) is 10.1. The Morgan fingerprint density at radius 2 is 2.24 bits per heavy atom. The van der Waals surface area contributed by atoms with Crippen LogP contribution in [-0.2, 0) is 4.74 Å². The SMILES string of the molecule is COCCC1(CNC(=O)Nc2cccnc2C(=O)O)CC1. The standard InChI is InChI=1S/C14H19N3O4/c1-21-8-6-14(4-5-14)9-16-13(20)17-10-3-2-7-15-11(10)12(18)19/h2-3,7H,4-6,8-9H2,1H3,(H,18,19)(H2,16,17,20). The minimum absolute atomic E-state index is 0.137. The minimum atomic E-state index is -1.18. The van der Waals surface area contributed by atoms with Gasteiger partial charge < -0.3 is 20.5 Å². The van der Waals surface area contributed by atoms with Crippen LogP contribution in [0.3, 0.4) is 0 Å². The lowest BCUT2D eigenvalue weighted by atomic mass is 10.0. The van der Waals surface area contributed by atoms with Crippen molar-refractivity contribution in [2.75, 3.05) is 25.6 Å². The van der Waals surface area contributed by atoms with Crippen LogP contribution in [0.2, 0.25) is 0 Å². The van der Waals surface area contributed by atoms with E-state index >= 15 is 0 Å². The molecule has 0 aromatic carbocycles. The lowest BCUT2D eigenvalue weighted by Gasteiger charge is -2.16. The highest BCUT2D eigenvalue weighted by Crippen LogP contribution is 2.48. The van der Waals surface area contributed by atoms with Crippen molar-refractivity contribution >= 4 is 17.7 Å². The normalized spacial score (nSPS) is 15.3. The van der Waals surface area contributed by atoms with Crippen molar-refractivity contribution in [3.8, 4) is 0 Å². The maximum atomic E-state index is 11.9. The molecule has 7 heteroatoms. The van der Waals surface area contributed by atoms with E-state index < -0.39 is 12.0 Å². The molecule has 0 unspecified atom stereocenters. The molecule has 0 bridgehead atoms. The molecule has 0 radical (unpaired) electrons. The van der Waals surface area contributed by atoms with Gasteiger partial charge in [0.1, 0.15) is 0 Å². The van der Waals surface area contributed by atoms with E-state index in [1.54, 1.807) is 13.2 Å². The van der Waals surface area contributed by atoms with Crippen molar-refractivity contribution in [3.63, 3.8) is 0 Å². The number of aromatic nitrogens is 1. The number of urea groups is 1. The number of hydrogen-bond donors (Lipinski definition) is 3. The molecule has 7 nitrogen and oxygen atoms in total. The molecule has 2 amide bonds. The zero-order chi connectivity index (χ0) is 15.3. The zero-order valence-corrected chi connectivity index (χ0v) is 11.9. The van der Waals surface area contributed by atoms with E-state index in [1.165, 1.54) is 12.3 Å². The van der Waals surface area contributed by atoms with Crippen LogP contribution >= 0.6 is 0 Å². The molecule has 1 aliphatic rings. The van der Waals surface area contributed by atoms with Gasteiger partial charge in [0.25, 0.3) is 0 Å². The van der Waals surface area contributed by atoms with Crippen LogP contribution in [-0.4, -0.2) is 42.4 Å². The molecule has 1 fully saturated rings. The number of carboxylic acids is 1. The molecule has 0 spiro atoms. The summed E-state index contributed by atoms with van der Waals surface area (Å²) in [4.78, 5) is 26.6. The van der Waals surface area contributed by atoms with Crippen LogP contribution in [0.1, 0.15) is 29.8 Å². The lowest BCUT2D eigenvalue weighted by molar-refractivity contribution is 0.0691. The second-order valence-corrected chi connectivity index (χ2v) is 5.26. The summed E-state index contributed by atoms with van der Waals surface area (Å²) in [7, 11) is 1.66. The second kappa shape index (κ2) is 6.53. The molecule has 2 rings (SSSR count). The fourth-order valence-electron chi connectivity index (χ4n) is 2.12. The van der Waals surface area contributed by atoms with E-state index in [-0.39, 0.29) is 16.8 Å². The van der Waals surface area contributed by atoms with Gasteiger partial charge in [-0.3, -0.25) is 0 Å². The van der Waals surface area contributed by atoms with Gasteiger partial charge in [0.15, 0.2) is 5.69 Å². The van der Waals surface area contributed by atoms with E-state index in [1.807, 2.05) is 0 Å². The van der Waals surface area contributed by atoms with E-state index in [4.69, 9.17) is 9.84 Å². The largest absolute Gasteiger partial charge is 0.476 e. The summed E-state index contributed by atoms with van der Waals surface area (Å²) in [5, 5.41) is 14.3. The zero-order valence-electron chi connectivity index (χ0n) is 11.9. The van der Waals surface area contributed by atoms with Gasteiger partial charge in [-0.1, -0.05) is 0 Å². The Morgan fingerprint density at radius 1 is 1.48 bits per heavy atom. The van der Waals surface area contributed by atoms with Crippen LogP contribution in [0.4, 0.5) is 10.5 Å². The maximum absolute atomic E-state index is 11.9. The Hall–Kier alpha value is -2.15. The monoisotopic (exact) mass is 293 g/mol. The molecular formula is C14H19N3O4. The number of methoxy groups -OCH3 is 1. The highest BCUT2D eigenvalue weighted by atomic mass is 16.5. The molecule has 1 saturated carbocycles. The summed E-state index contributed by atoms with van der Waals surface area (Å²) in [5.74, 6) is -1.18. The summed E-state index contributed by atoms with van der Waals surface area (Å²) in [6.07, 6.45) is 4.43. The van der Waals surface area contributed by atoms with E-state index in [9.17, 15) is 9.59 Å². The molecule has 0 atom stereocenters. The van der Waals surface area contributed by atoms with Gasteiger partial charge in [-0.05, 0) is 36.8 Å². The van der Waals surface area contributed by atoms with Crippen LogP contribution in [0.15, 0.2) is 18.3 Å². The smallest absolute Gasteiger partial charge is 0.356 e. The number of aromatic carboxylic acids is 1. The first kappa shape index (κ1) is 15.2. The third-order valence-electron chi connectivity index (χ3n) is 3.68. The first-order valence-corrected chi connectivity index (χ1v) is 6.78. The third-order valence-corrected chi connectivity index (χ3v) is 3.68. The highest BCUT2D eigenvalue weighted by Gasteiger charge is 2.42. The Kier molecular flexibility index (Phi) is 4.74. The van der Waals surface area contributed by atoms with Gasteiger partial charge in [-0.25, -0.2) is 14.6 Å². The second-order valence-electron chi connectivity index (χ2n) is 5.26. The minimum Gasteiger partial charge on any atom is -0.476 e. The number of hydrogen-bond acceptors (Lipinski definition) is 4. The molecule has 1 heterocycles. The number of nitrogens with zero attached hydrogens (tertiary/aromatic N) is 1. The van der Waals surface area contributed by atoms with Gasteiger partial charge in [0, 0.05) is 26.5 Å². The van der Waals surface area contributed by atoms with Crippen molar-refractivity contribution in [3.05, 3.63) is 24.0 Å². The number of pyridine rings is 1. The topological polar surface area (TPSA) is 101 Å². The molecule has 114 valence electrons. The Morgan fingerprint density at radius 3 is 2.86 bits per heavy atom. The van der Waals surface area contributed by atoms with E-state index in [0.29, 0.717) is 13.2 Å². The van der Waals surface area contributed by atoms with Crippen LogP contribution in [0.5, 0.6) is 0 Å². The first-order valence-electron chi connectivity index (χ1n) is 6.78. The van der Waals surface area contributed by atoms with Crippen molar-refractivity contribution in [1.29, 1.82) is 0 Å². The number of rotatable bonds is 7.